The summed E-state index contributed by atoms with van der Waals surface area (Å²) >= 11 is 1.56. The van der Waals surface area contributed by atoms with Gasteiger partial charge < -0.3 is 4.74 Å². The van der Waals surface area contributed by atoms with Crippen molar-refractivity contribution in [3.63, 3.8) is 0 Å². The highest BCUT2D eigenvalue weighted by molar-refractivity contribution is 7.08. The molecule has 0 spiro atoms. The molecule has 90 valence electrons. The number of carbonyl (C=O) groups is 1. The molecule has 1 unspecified atom stereocenters. The number of rotatable bonds is 3. The predicted molar refractivity (Wildman–Crippen MR) is 68.2 cm³/mol. The number of carbonyl (C=O) groups excluding carboxylic acids is 1. The van der Waals surface area contributed by atoms with Gasteiger partial charge in [-0.05, 0) is 44.1 Å². The zero-order valence-electron chi connectivity index (χ0n) is 10.7. The lowest BCUT2D eigenvalue weighted by Gasteiger charge is -2.20. The quantitative estimate of drug-likeness (QED) is 0.739. The van der Waals surface area contributed by atoms with Crippen LogP contribution in [0.5, 0.6) is 0 Å². The van der Waals surface area contributed by atoms with E-state index in [0.29, 0.717) is 5.92 Å². The van der Waals surface area contributed by atoms with E-state index in [1.807, 2.05) is 31.5 Å². The number of esters is 1. The van der Waals surface area contributed by atoms with Gasteiger partial charge in [-0.2, -0.15) is 11.3 Å². The van der Waals surface area contributed by atoms with Crippen LogP contribution in [-0.2, 0) is 4.74 Å². The molecular weight excluding hydrogens is 220 g/mol. The maximum Gasteiger partial charge on any atom is 0.339 e. The molecular formula is C13H20O2S. The van der Waals surface area contributed by atoms with E-state index in [1.54, 1.807) is 11.3 Å². The average molecular weight is 240 g/mol. The highest BCUT2D eigenvalue weighted by atomic mass is 32.1. The second-order valence-corrected chi connectivity index (χ2v) is 5.80. The average Bonchev–Trinajstić information content (AvgIpc) is 2.62. The Hall–Kier alpha value is -0.830. The Morgan fingerprint density at radius 2 is 2.06 bits per heavy atom. The molecule has 16 heavy (non-hydrogen) atoms. The summed E-state index contributed by atoms with van der Waals surface area (Å²) in [7, 11) is 0. The second-order valence-electron chi connectivity index (χ2n) is 5.05. The molecule has 3 heteroatoms. The monoisotopic (exact) mass is 240 g/mol. The van der Waals surface area contributed by atoms with Crippen LogP contribution < -0.4 is 0 Å². The zero-order valence-corrected chi connectivity index (χ0v) is 11.5. The van der Waals surface area contributed by atoms with E-state index in [4.69, 9.17) is 4.74 Å². The van der Waals surface area contributed by atoms with Crippen LogP contribution in [0.25, 0.3) is 0 Å². The van der Waals surface area contributed by atoms with E-state index in [0.717, 1.165) is 17.5 Å². The summed E-state index contributed by atoms with van der Waals surface area (Å²) in [6, 6.07) is 0. The van der Waals surface area contributed by atoms with Crippen molar-refractivity contribution in [1.29, 1.82) is 0 Å². The summed E-state index contributed by atoms with van der Waals surface area (Å²) in [5, 5.41) is 3.93. The SMILES string of the molecule is CCC(C)c1cscc1C(=O)OC(C)(C)C. The molecule has 0 aliphatic rings. The first-order valence-corrected chi connectivity index (χ1v) is 6.59. The molecule has 0 bridgehead atoms. The molecule has 0 saturated carbocycles. The van der Waals surface area contributed by atoms with E-state index in [1.165, 1.54) is 0 Å². The molecule has 0 fully saturated rings. The minimum atomic E-state index is -0.425. The summed E-state index contributed by atoms with van der Waals surface area (Å²) in [6.45, 7) is 9.93. The Morgan fingerprint density at radius 3 is 2.56 bits per heavy atom. The van der Waals surface area contributed by atoms with Crippen LogP contribution in [0.3, 0.4) is 0 Å². The molecule has 2 nitrogen and oxygen atoms in total. The van der Waals surface area contributed by atoms with Crippen molar-refractivity contribution < 1.29 is 9.53 Å². The number of thiophene rings is 1. The van der Waals surface area contributed by atoms with Crippen molar-refractivity contribution in [2.24, 2.45) is 0 Å². The van der Waals surface area contributed by atoms with Gasteiger partial charge in [0.25, 0.3) is 0 Å². The van der Waals surface area contributed by atoms with Gasteiger partial charge in [-0.15, -0.1) is 0 Å². The van der Waals surface area contributed by atoms with Crippen LogP contribution >= 0.6 is 11.3 Å². The minimum Gasteiger partial charge on any atom is -0.456 e. The molecule has 1 heterocycles. The highest BCUT2D eigenvalue weighted by Crippen LogP contribution is 2.27. The summed E-state index contributed by atoms with van der Waals surface area (Å²) in [5.41, 5.74) is 1.42. The largest absolute Gasteiger partial charge is 0.456 e. The van der Waals surface area contributed by atoms with Crippen molar-refractivity contribution in [3.8, 4) is 0 Å². The van der Waals surface area contributed by atoms with Crippen LogP contribution in [0.15, 0.2) is 10.8 Å². The van der Waals surface area contributed by atoms with Gasteiger partial charge in [0.05, 0.1) is 5.56 Å². The van der Waals surface area contributed by atoms with Gasteiger partial charge in [-0.1, -0.05) is 13.8 Å². The topological polar surface area (TPSA) is 26.3 Å². The summed E-state index contributed by atoms with van der Waals surface area (Å²) in [6.07, 6.45) is 1.03. The molecule has 0 amide bonds. The second kappa shape index (κ2) is 5.00. The standard InChI is InChI=1S/C13H20O2S/c1-6-9(2)10-7-16-8-11(10)12(14)15-13(3,4)5/h7-9H,6H2,1-5H3. The summed E-state index contributed by atoms with van der Waals surface area (Å²) in [4.78, 5) is 11.9. The van der Waals surface area contributed by atoms with E-state index in [-0.39, 0.29) is 5.97 Å². The molecule has 0 aromatic carbocycles. The summed E-state index contributed by atoms with van der Waals surface area (Å²) in [5.74, 6) is 0.206. The van der Waals surface area contributed by atoms with Crippen LogP contribution in [0, 0.1) is 0 Å². The Bertz CT molecular complexity index is 360. The molecule has 1 aromatic rings. The Labute approximate surface area is 102 Å². The van der Waals surface area contributed by atoms with Gasteiger partial charge in [-0.25, -0.2) is 4.79 Å². The maximum absolute atomic E-state index is 11.9. The van der Waals surface area contributed by atoms with E-state index >= 15 is 0 Å². The third-order valence-corrected chi connectivity index (χ3v) is 3.22. The van der Waals surface area contributed by atoms with E-state index < -0.39 is 5.60 Å². The predicted octanol–water partition coefficient (Wildman–Crippen LogP) is 4.22. The van der Waals surface area contributed by atoms with Gasteiger partial charge in [0, 0.05) is 5.38 Å². The van der Waals surface area contributed by atoms with Crippen molar-refractivity contribution >= 4 is 17.3 Å². The maximum atomic E-state index is 11.9. The van der Waals surface area contributed by atoms with Gasteiger partial charge in [0.2, 0.25) is 0 Å². The Kier molecular flexibility index (Phi) is 4.14. The van der Waals surface area contributed by atoms with E-state index in [2.05, 4.69) is 13.8 Å². The van der Waals surface area contributed by atoms with Gasteiger partial charge in [-0.3, -0.25) is 0 Å². The van der Waals surface area contributed by atoms with Crippen LogP contribution in [0.4, 0.5) is 0 Å². The fraction of sp³-hybridized carbons (Fsp3) is 0.615. The first kappa shape index (κ1) is 13.2. The first-order valence-electron chi connectivity index (χ1n) is 5.64. The minimum absolute atomic E-state index is 0.205. The van der Waals surface area contributed by atoms with Crippen LogP contribution in [0.2, 0.25) is 0 Å². The van der Waals surface area contributed by atoms with Crippen molar-refractivity contribution in [3.05, 3.63) is 21.9 Å². The van der Waals surface area contributed by atoms with Gasteiger partial charge in [0.1, 0.15) is 5.60 Å². The van der Waals surface area contributed by atoms with Crippen molar-refractivity contribution in [2.45, 2.75) is 52.6 Å². The van der Waals surface area contributed by atoms with Crippen LogP contribution in [-0.4, -0.2) is 11.6 Å². The summed E-state index contributed by atoms with van der Waals surface area (Å²) < 4.78 is 5.39. The van der Waals surface area contributed by atoms with Crippen molar-refractivity contribution in [2.75, 3.05) is 0 Å². The third kappa shape index (κ3) is 3.34. The first-order chi connectivity index (χ1) is 7.35. The fourth-order valence-corrected chi connectivity index (χ4v) is 2.35. The molecule has 1 rings (SSSR count). The number of hydrogen-bond acceptors (Lipinski definition) is 3. The molecule has 0 aliphatic heterocycles. The number of hydrogen-bond donors (Lipinski definition) is 0. The van der Waals surface area contributed by atoms with Gasteiger partial charge >= 0.3 is 5.97 Å². The fourth-order valence-electron chi connectivity index (χ4n) is 1.41. The van der Waals surface area contributed by atoms with Crippen molar-refractivity contribution in [1.82, 2.24) is 0 Å². The lowest BCUT2D eigenvalue weighted by atomic mass is 9.98. The van der Waals surface area contributed by atoms with Gasteiger partial charge in [0.15, 0.2) is 0 Å². The number of ether oxygens (including phenoxy) is 1. The lowest BCUT2D eigenvalue weighted by Crippen LogP contribution is -2.24. The third-order valence-electron chi connectivity index (χ3n) is 2.45. The molecule has 1 atom stereocenters. The Balaban J connectivity index is 2.88. The van der Waals surface area contributed by atoms with Crippen LogP contribution in [0.1, 0.15) is 62.9 Å². The zero-order chi connectivity index (χ0) is 12.3. The highest BCUT2D eigenvalue weighted by Gasteiger charge is 2.22. The normalized spacial score (nSPS) is 13.6. The molecule has 0 radical (unpaired) electrons. The molecule has 0 aliphatic carbocycles. The van der Waals surface area contributed by atoms with E-state index in [9.17, 15) is 4.79 Å². The molecule has 0 saturated heterocycles. The molecule has 0 N–H and O–H groups in total. The smallest absolute Gasteiger partial charge is 0.339 e. The molecule has 1 aromatic heterocycles. The Morgan fingerprint density at radius 1 is 1.44 bits per heavy atom. The lowest BCUT2D eigenvalue weighted by molar-refractivity contribution is 0.00685.